The maximum absolute atomic E-state index is 13.5. The van der Waals surface area contributed by atoms with E-state index in [0.717, 1.165) is 6.07 Å². The van der Waals surface area contributed by atoms with Crippen LogP contribution in [0, 0.1) is 17.5 Å². The highest BCUT2D eigenvalue weighted by molar-refractivity contribution is 6.00. The number of ether oxygens (including phenoxy) is 1. The third-order valence-corrected chi connectivity index (χ3v) is 3.29. The summed E-state index contributed by atoms with van der Waals surface area (Å²) < 4.78 is 43.9. The van der Waals surface area contributed by atoms with Crippen LogP contribution in [0.1, 0.15) is 20.7 Å². The second-order valence-electron chi connectivity index (χ2n) is 5.02. The van der Waals surface area contributed by atoms with Gasteiger partial charge in [-0.15, -0.1) is 0 Å². The number of hydrogen-bond donors (Lipinski definition) is 2. The molecular formula is C17H13F3N2O4. The third kappa shape index (κ3) is 4.38. The molecule has 9 heteroatoms. The lowest BCUT2D eigenvalue weighted by Crippen LogP contribution is -2.33. The normalized spacial score (nSPS) is 10.2. The maximum atomic E-state index is 13.5. The minimum Gasteiger partial charge on any atom is -0.465 e. The van der Waals surface area contributed by atoms with Crippen LogP contribution in [0.25, 0.3) is 0 Å². The van der Waals surface area contributed by atoms with Crippen molar-refractivity contribution in [3.05, 3.63) is 65.0 Å². The van der Waals surface area contributed by atoms with E-state index >= 15 is 0 Å². The Hall–Kier alpha value is -3.36. The Bertz CT molecular complexity index is 854. The van der Waals surface area contributed by atoms with E-state index in [1.54, 1.807) is 0 Å². The number of nitrogens with one attached hydrogen (secondary N) is 2. The first kappa shape index (κ1) is 19.0. The Kier molecular flexibility index (Phi) is 5.94. The van der Waals surface area contributed by atoms with Crippen molar-refractivity contribution in [2.45, 2.75) is 0 Å². The zero-order chi connectivity index (χ0) is 19.3. The van der Waals surface area contributed by atoms with Gasteiger partial charge in [0.15, 0.2) is 17.5 Å². The predicted molar refractivity (Wildman–Crippen MR) is 85.1 cm³/mol. The number of carbonyl (C=O) groups excluding carboxylic acids is 3. The van der Waals surface area contributed by atoms with Gasteiger partial charge in [-0.25, -0.2) is 18.0 Å². The first-order valence-electron chi connectivity index (χ1n) is 7.23. The molecule has 2 amide bonds. The summed E-state index contributed by atoms with van der Waals surface area (Å²) in [6.45, 7) is -0.532. The largest absolute Gasteiger partial charge is 0.465 e. The molecular weight excluding hydrogens is 353 g/mol. The summed E-state index contributed by atoms with van der Waals surface area (Å²) in [4.78, 5) is 34.9. The molecule has 2 aromatic rings. The number of halogens is 3. The Morgan fingerprint density at radius 1 is 0.923 bits per heavy atom. The number of carbonyl (C=O) groups is 3. The van der Waals surface area contributed by atoms with Crippen molar-refractivity contribution in [3.8, 4) is 0 Å². The van der Waals surface area contributed by atoms with Crippen LogP contribution in [0.2, 0.25) is 0 Å². The summed E-state index contributed by atoms with van der Waals surface area (Å²) in [7, 11) is 1.22. The van der Waals surface area contributed by atoms with Gasteiger partial charge in [0.1, 0.15) is 0 Å². The van der Waals surface area contributed by atoms with Crippen LogP contribution in [0.15, 0.2) is 36.4 Å². The summed E-state index contributed by atoms with van der Waals surface area (Å²) in [5.41, 5.74) is -0.134. The Balaban J connectivity index is 1.94. The lowest BCUT2D eigenvalue weighted by molar-refractivity contribution is -0.115. The topological polar surface area (TPSA) is 84.5 Å². The molecule has 26 heavy (non-hydrogen) atoms. The van der Waals surface area contributed by atoms with E-state index in [-0.39, 0.29) is 11.1 Å². The zero-order valence-electron chi connectivity index (χ0n) is 13.4. The van der Waals surface area contributed by atoms with E-state index in [9.17, 15) is 27.6 Å². The standard InChI is InChI=1S/C17H13F3N2O4/c1-26-17(25)10-4-2-9(3-5-10)16(24)21-8-13(23)22-12-7-6-11(18)14(19)15(12)20/h2-7H,8H2,1H3,(H,21,24)(H,22,23). The van der Waals surface area contributed by atoms with E-state index in [1.165, 1.54) is 31.4 Å². The molecule has 0 radical (unpaired) electrons. The molecule has 0 heterocycles. The first-order chi connectivity index (χ1) is 12.3. The minimum atomic E-state index is -1.71. The zero-order valence-corrected chi connectivity index (χ0v) is 13.4. The highest BCUT2D eigenvalue weighted by Crippen LogP contribution is 2.19. The van der Waals surface area contributed by atoms with Crippen LogP contribution in [0.3, 0.4) is 0 Å². The molecule has 2 rings (SSSR count). The molecule has 0 aliphatic carbocycles. The SMILES string of the molecule is COC(=O)c1ccc(C(=O)NCC(=O)Nc2ccc(F)c(F)c2F)cc1. The van der Waals surface area contributed by atoms with E-state index in [4.69, 9.17) is 0 Å². The smallest absolute Gasteiger partial charge is 0.337 e. The van der Waals surface area contributed by atoms with Crippen molar-refractivity contribution in [3.63, 3.8) is 0 Å². The van der Waals surface area contributed by atoms with Crippen LogP contribution in [-0.4, -0.2) is 31.4 Å². The summed E-state index contributed by atoms with van der Waals surface area (Å²) in [5, 5.41) is 4.29. The lowest BCUT2D eigenvalue weighted by atomic mass is 10.1. The summed E-state index contributed by atoms with van der Waals surface area (Å²) in [6, 6.07) is 6.98. The monoisotopic (exact) mass is 366 g/mol. The fourth-order valence-corrected chi connectivity index (χ4v) is 1.95. The number of hydrogen-bond acceptors (Lipinski definition) is 4. The van der Waals surface area contributed by atoms with Gasteiger partial charge >= 0.3 is 5.97 Å². The van der Waals surface area contributed by atoms with Crippen molar-refractivity contribution >= 4 is 23.5 Å². The molecule has 0 saturated carbocycles. The van der Waals surface area contributed by atoms with Crippen LogP contribution in [0.4, 0.5) is 18.9 Å². The van der Waals surface area contributed by atoms with Crippen LogP contribution in [-0.2, 0) is 9.53 Å². The molecule has 0 aromatic heterocycles. The molecule has 2 N–H and O–H groups in total. The van der Waals surface area contributed by atoms with Gasteiger partial charge in [-0.2, -0.15) is 0 Å². The number of rotatable bonds is 5. The fraction of sp³-hybridized carbons (Fsp3) is 0.118. The van der Waals surface area contributed by atoms with Crippen LogP contribution >= 0.6 is 0 Å². The maximum Gasteiger partial charge on any atom is 0.337 e. The van der Waals surface area contributed by atoms with Gasteiger partial charge in [0.2, 0.25) is 5.91 Å². The van der Waals surface area contributed by atoms with E-state index in [2.05, 4.69) is 10.1 Å². The second-order valence-corrected chi connectivity index (χ2v) is 5.02. The van der Waals surface area contributed by atoms with E-state index in [1.807, 2.05) is 5.32 Å². The van der Waals surface area contributed by atoms with Gasteiger partial charge in [-0.1, -0.05) is 0 Å². The molecule has 0 saturated heterocycles. The average molecular weight is 366 g/mol. The number of methoxy groups -OCH3 is 1. The molecule has 0 aliphatic heterocycles. The molecule has 136 valence electrons. The summed E-state index contributed by atoms with van der Waals surface area (Å²) in [5.74, 6) is -6.66. The summed E-state index contributed by atoms with van der Waals surface area (Å²) >= 11 is 0. The van der Waals surface area contributed by atoms with Crippen molar-refractivity contribution in [2.24, 2.45) is 0 Å². The Morgan fingerprint density at radius 3 is 2.15 bits per heavy atom. The fourth-order valence-electron chi connectivity index (χ4n) is 1.95. The lowest BCUT2D eigenvalue weighted by Gasteiger charge is -2.09. The van der Waals surface area contributed by atoms with Crippen molar-refractivity contribution < 1.29 is 32.3 Å². The summed E-state index contributed by atoms with van der Waals surface area (Å²) in [6.07, 6.45) is 0. The van der Waals surface area contributed by atoms with Crippen molar-refractivity contribution in [2.75, 3.05) is 19.0 Å². The Morgan fingerprint density at radius 2 is 1.54 bits per heavy atom. The molecule has 0 fully saturated rings. The second kappa shape index (κ2) is 8.15. The molecule has 0 atom stereocenters. The molecule has 0 aliphatic rings. The number of anilines is 1. The van der Waals surface area contributed by atoms with Gasteiger partial charge in [-0.3, -0.25) is 9.59 Å². The van der Waals surface area contributed by atoms with Gasteiger partial charge < -0.3 is 15.4 Å². The molecule has 0 unspecified atom stereocenters. The average Bonchev–Trinajstić information content (AvgIpc) is 2.66. The van der Waals surface area contributed by atoms with Crippen molar-refractivity contribution in [1.29, 1.82) is 0 Å². The van der Waals surface area contributed by atoms with E-state index in [0.29, 0.717) is 6.07 Å². The molecule has 0 bridgehead atoms. The van der Waals surface area contributed by atoms with Gasteiger partial charge in [0.05, 0.1) is 24.9 Å². The van der Waals surface area contributed by atoms with Crippen LogP contribution in [0.5, 0.6) is 0 Å². The quantitative estimate of drug-likeness (QED) is 0.628. The van der Waals surface area contributed by atoms with Gasteiger partial charge in [0, 0.05) is 5.56 Å². The molecule has 0 spiro atoms. The molecule has 2 aromatic carbocycles. The molecule has 6 nitrogen and oxygen atoms in total. The third-order valence-electron chi connectivity index (χ3n) is 3.29. The first-order valence-corrected chi connectivity index (χ1v) is 7.23. The minimum absolute atomic E-state index is 0.171. The number of amides is 2. The van der Waals surface area contributed by atoms with Gasteiger partial charge in [0.25, 0.3) is 5.91 Å². The number of esters is 1. The number of benzene rings is 2. The highest BCUT2D eigenvalue weighted by atomic mass is 19.2. The highest BCUT2D eigenvalue weighted by Gasteiger charge is 2.16. The van der Waals surface area contributed by atoms with Gasteiger partial charge in [-0.05, 0) is 36.4 Å². The van der Waals surface area contributed by atoms with Crippen molar-refractivity contribution in [1.82, 2.24) is 5.32 Å². The Labute approximate surface area is 146 Å². The van der Waals surface area contributed by atoms with Crippen LogP contribution < -0.4 is 10.6 Å². The van der Waals surface area contributed by atoms with E-state index < -0.39 is 47.5 Å². The predicted octanol–water partition coefficient (Wildman–Crippen LogP) is 2.26.